The Morgan fingerprint density at radius 2 is 1.42 bits per heavy atom. The van der Waals surface area contributed by atoms with E-state index in [0.29, 0.717) is 24.5 Å². The van der Waals surface area contributed by atoms with E-state index in [1.807, 2.05) is 47.4 Å². The number of carbonyl (C=O) groups is 1. The number of hydrogen-bond acceptors (Lipinski definition) is 4. The summed E-state index contributed by atoms with van der Waals surface area (Å²) in [5.74, 6) is 0. The average molecular weight is 627 g/mol. The Hall–Kier alpha value is -3.72. The van der Waals surface area contributed by atoms with E-state index in [1.54, 1.807) is 31.3 Å². The molecule has 0 aromatic heterocycles. The van der Waals surface area contributed by atoms with E-state index in [2.05, 4.69) is 53.5 Å². The van der Waals surface area contributed by atoms with Crippen LogP contribution in [0.3, 0.4) is 0 Å². The SMILES string of the molecule is CN(CC(C)(CCN1CCCCN(C(=O)NCc2cccc3ccccc23)CCC1)c1ccccc1)S(=O)(=O)c1ccccc1. The molecule has 1 aliphatic rings. The molecule has 1 saturated heterocycles. The first kappa shape index (κ1) is 32.7. The van der Waals surface area contributed by atoms with Gasteiger partial charge in [0.25, 0.3) is 0 Å². The zero-order valence-corrected chi connectivity index (χ0v) is 27.4. The van der Waals surface area contributed by atoms with Crippen LogP contribution in [0.4, 0.5) is 4.79 Å². The molecule has 0 aliphatic carbocycles. The van der Waals surface area contributed by atoms with Crippen molar-refractivity contribution >= 4 is 26.8 Å². The quantitative estimate of drug-likeness (QED) is 0.218. The Morgan fingerprint density at radius 1 is 0.800 bits per heavy atom. The minimum absolute atomic E-state index is 0.00398. The van der Waals surface area contributed by atoms with Gasteiger partial charge < -0.3 is 15.1 Å². The Balaban J connectivity index is 1.19. The van der Waals surface area contributed by atoms with E-state index in [-0.39, 0.29) is 11.4 Å². The van der Waals surface area contributed by atoms with Crippen LogP contribution in [-0.4, -0.2) is 74.9 Å². The second-order valence-electron chi connectivity index (χ2n) is 12.4. The molecule has 1 aliphatic heterocycles. The van der Waals surface area contributed by atoms with Crippen LogP contribution in [0.1, 0.15) is 43.7 Å². The summed E-state index contributed by atoms with van der Waals surface area (Å²) in [4.78, 5) is 18.0. The number of fused-ring (bicyclic) bond motifs is 1. The minimum Gasteiger partial charge on any atom is -0.334 e. The molecular weight excluding hydrogens is 580 g/mol. The molecule has 238 valence electrons. The molecule has 4 aromatic carbocycles. The van der Waals surface area contributed by atoms with Gasteiger partial charge in [-0.2, -0.15) is 0 Å². The van der Waals surface area contributed by atoms with E-state index < -0.39 is 10.0 Å². The van der Waals surface area contributed by atoms with E-state index in [1.165, 1.54) is 15.1 Å². The second-order valence-corrected chi connectivity index (χ2v) is 14.5. The highest BCUT2D eigenvalue weighted by molar-refractivity contribution is 7.89. The van der Waals surface area contributed by atoms with Crippen molar-refractivity contribution in [3.05, 3.63) is 114 Å². The largest absolute Gasteiger partial charge is 0.334 e. The lowest BCUT2D eigenvalue weighted by molar-refractivity contribution is 0.194. The molecule has 0 bridgehead atoms. The summed E-state index contributed by atoms with van der Waals surface area (Å²) in [6.45, 7) is 7.26. The lowest BCUT2D eigenvalue weighted by Gasteiger charge is -2.36. The van der Waals surface area contributed by atoms with Gasteiger partial charge in [-0.25, -0.2) is 17.5 Å². The number of hydrogen-bond donors (Lipinski definition) is 1. The summed E-state index contributed by atoms with van der Waals surface area (Å²) in [6, 6.07) is 33.4. The maximum atomic E-state index is 13.4. The molecule has 5 rings (SSSR count). The number of benzene rings is 4. The zero-order valence-electron chi connectivity index (χ0n) is 26.6. The van der Waals surface area contributed by atoms with E-state index in [0.717, 1.165) is 63.0 Å². The molecule has 0 spiro atoms. The summed E-state index contributed by atoms with van der Waals surface area (Å²) in [5, 5.41) is 5.52. The number of amides is 2. The molecule has 1 heterocycles. The fraction of sp³-hybridized carbons (Fsp3) is 0.378. The highest BCUT2D eigenvalue weighted by Crippen LogP contribution is 2.31. The molecule has 7 nitrogen and oxygen atoms in total. The number of rotatable bonds is 10. The fourth-order valence-corrected chi connectivity index (χ4v) is 7.73. The zero-order chi connectivity index (χ0) is 31.7. The van der Waals surface area contributed by atoms with Crippen molar-refractivity contribution in [1.82, 2.24) is 19.4 Å². The maximum absolute atomic E-state index is 13.4. The van der Waals surface area contributed by atoms with Gasteiger partial charge in [-0.3, -0.25) is 0 Å². The van der Waals surface area contributed by atoms with Crippen molar-refractivity contribution in [2.45, 2.75) is 49.5 Å². The first-order valence-corrected chi connectivity index (χ1v) is 17.5. The van der Waals surface area contributed by atoms with E-state index >= 15 is 0 Å². The van der Waals surface area contributed by atoms with Gasteiger partial charge >= 0.3 is 6.03 Å². The third-order valence-electron chi connectivity index (χ3n) is 9.13. The van der Waals surface area contributed by atoms with Gasteiger partial charge in [-0.15, -0.1) is 0 Å². The van der Waals surface area contributed by atoms with Crippen LogP contribution in [0.15, 0.2) is 108 Å². The standard InChI is InChI=1S/C37H46N4O3S/c1-37(33-18-5-3-6-19-33,30-39(2)45(43,44)34-20-7-4-8-21-34)23-28-40-24-11-12-26-41(27-14-25-40)36(42)38-29-32-17-13-16-31-15-9-10-22-35(31)32/h3-10,13,15-22H,11-12,14,23-30H2,1-2H3,(H,38,42). The van der Waals surface area contributed by atoms with Crippen LogP contribution in [-0.2, 0) is 22.0 Å². The first-order valence-electron chi connectivity index (χ1n) is 16.0. The van der Waals surface area contributed by atoms with Crippen molar-refractivity contribution in [2.75, 3.05) is 46.3 Å². The number of carbonyl (C=O) groups excluding carboxylic acids is 1. The molecular formula is C37H46N4O3S. The number of likely N-dealkylation sites (N-methyl/N-ethyl adjacent to an activating group) is 1. The fourth-order valence-electron chi connectivity index (χ4n) is 6.41. The Morgan fingerprint density at radius 3 is 2.20 bits per heavy atom. The van der Waals surface area contributed by atoms with Crippen LogP contribution in [0.2, 0.25) is 0 Å². The van der Waals surface area contributed by atoms with Crippen molar-refractivity contribution in [1.29, 1.82) is 0 Å². The molecule has 2 amide bonds. The van der Waals surface area contributed by atoms with Crippen molar-refractivity contribution in [3.63, 3.8) is 0 Å². The van der Waals surface area contributed by atoms with Gasteiger partial charge in [0, 0.05) is 38.6 Å². The van der Waals surface area contributed by atoms with Crippen LogP contribution in [0, 0.1) is 0 Å². The molecule has 1 N–H and O–H groups in total. The summed E-state index contributed by atoms with van der Waals surface area (Å²) >= 11 is 0. The number of urea groups is 1. The topological polar surface area (TPSA) is 73.0 Å². The van der Waals surface area contributed by atoms with Gasteiger partial charge in [0.1, 0.15) is 0 Å². The Kier molecular flexibility index (Phi) is 10.9. The van der Waals surface area contributed by atoms with Gasteiger partial charge in [0.2, 0.25) is 10.0 Å². The predicted octanol–water partition coefficient (Wildman–Crippen LogP) is 6.51. The lowest BCUT2D eigenvalue weighted by Crippen LogP contribution is -2.42. The third kappa shape index (κ3) is 8.31. The highest BCUT2D eigenvalue weighted by Gasteiger charge is 2.33. The summed E-state index contributed by atoms with van der Waals surface area (Å²) in [7, 11) is -1.93. The van der Waals surface area contributed by atoms with Crippen molar-refractivity contribution in [3.8, 4) is 0 Å². The van der Waals surface area contributed by atoms with Crippen molar-refractivity contribution in [2.24, 2.45) is 0 Å². The molecule has 1 unspecified atom stereocenters. The number of sulfonamides is 1. The molecule has 0 radical (unpaired) electrons. The first-order chi connectivity index (χ1) is 21.8. The molecule has 1 fully saturated rings. The summed E-state index contributed by atoms with van der Waals surface area (Å²) < 4.78 is 28.3. The molecule has 4 aromatic rings. The van der Waals surface area contributed by atoms with Gasteiger partial charge in [0.05, 0.1) is 4.90 Å². The van der Waals surface area contributed by atoms with Crippen LogP contribution >= 0.6 is 0 Å². The normalized spacial score (nSPS) is 16.5. The van der Waals surface area contributed by atoms with Gasteiger partial charge in [-0.1, -0.05) is 97.9 Å². The average Bonchev–Trinajstić information content (AvgIpc) is 3.19. The minimum atomic E-state index is -3.61. The van der Waals surface area contributed by atoms with Gasteiger partial charge in [-0.05, 0) is 79.3 Å². The van der Waals surface area contributed by atoms with E-state index in [9.17, 15) is 13.2 Å². The smallest absolute Gasteiger partial charge is 0.317 e. The number of nitrogens with zero attached hydrogens (tertiary/aromatic N) is 3. The maximum Gasteiger partial charge on any atom is 0.317 e. The number of nitrogens with one attached hydrogen (secondary N) is 1. The third-order valence-corrected chi connectivity index (χ3v) is 10.9. The molecule has 45 heavy (non-hydrogen) atoms. The lowest BCUT2D eigenvalue weighted by atomic mass is 9.79. The predicted molar refractivity (Wildman–Crippen MR) is 183 cm³/mol. The second kappa shape index (κ2) is 15.0. The highest BCUT2D eigenvalue weighted by atomic mass is 32.2. The van der Waals surface area contributed by atoms with Crippen molar-refractivity contribution < 1.29 is 13.2 Å². The van der Waals surface area contributed by atoms with Gasteiger partial charge in [0.15, 0.2) is 0 Å². The van der Waals surface area contributed by atoms with Crippen LogP contribution < -0.4 is 5.32 Å². The van der Waals surface area contributed by atoms with Crippen LogP contribution in [0.5, 0.6) is 0 Å². The Bertz CT molecular complexity index is 1640. The Labute approximate surface area is 268 Å². The molecule has 0 saturated carbocycles. The summed E-state index contributed by atoms with van der Waals surface area (Å²) in [5.41, 5.74) is 1.89. The molecule has 8 heteroatoms. The van der Waals surface area contributed by atoms with Crippen LogP contribution in [0.25, 0.3) is 10.8 Å². The summed E-state index contributed by atoms with van der Waals surface area (Å²) in [6.07, 6.45) is 3.68. The monoisotopic (exact) mass is 626 g/mol. The van der Waals surface area contributed by atoms with E-state index in [4.69, 9.17) is 0 Å². The molecule has 1 atom stereocenters.